The summed E-state index contributed by atoms with van der Waals surface area (Å²) in [6.45, 7) is 1.52. The molecule has 19 heavy (non-hydrogen) atoms. The van der Waals surface area contributed by atoms with E-state index in [1.807, 2.05) is 18.2 Å². The van der Waals surface area contributed by atoms with Crippen LogP contribution in [-0.4, -0.2) is 18.6 Å². The fourth-order valence-corrected chi connectivity index (χ4v) is 1.77. The Balaban J connectivity index is 1.75. The second-order valence-corrected chi connectivity index (χ2v) is 4.22. The predicted molar refractivity (Wildman–Crippen MR) is 72.6 cm³/mol. The Morgan fingerprint density at radius 2 is 1.95 bits per heavy atom. The van der Waals surface area contributed by atoms with Gasteiger partial charge in [0.05, 0.1) is 12.8 Å². The Labute approximate surface area is 112 Å². The minimum atomic E-state index is -0.197. The van der Waals surface area contributed by atoms with Crippen molar-refractivity contribution in [2.75, 3.05) is 13.7 Å². The van der Waals surface area contributed by atoms with Crippen LogP contribution in [0.15, 0.2) is 42.5 Å². The number of hydrogen-bond acceptors (Lipinski definition) is 3. The minimum Gasteiger partial charge on any atom is -0.481 e. The van der Waals surface area contributed by atoms with E-state index in [2.05, 4.69) is 10.3 Å². The van der Waals surface area contributed by atoms with Crippen molar-refractivity contribution in [1.29, 1.82) is 0 Å². The van der Waals surface area contributed by atoms with E-state index in [0.717, 1.165) is 24.2 Å². The van der Waals surface area contributed by atoms with Gasteiger partial charge >= 0.3 is 0 Å². The highest BCUT2D eigenvalue weighted by atomic mass is 19.1. The molecule has 0 radical (unpaired) electrons. The molecule has 0 spiro atoms. The van der Waals surface area contributed by atoms with E-state index in [0.29, 0.717) is 12.4 Å². The van der Waals surface area contributed by atoms with Gasteiger partial charge in [-0.2, -0.15) is 0 Å². The van der Waals surface area contributed by atoms with Crippen molar-refractivity contribution in [3.8, 4) is 5.88 Å². The van der Waals surface area contributed by atoms with Crippen molar-refractivity contribution >= 4 is 0 Å². The number of ether oxygens (including phenoxy) is 1. The first kappa shape index (κ1) is 13.5. The lowest BCUT2D eigenvalue weighted by Crippen LogP contribution is -2.17. The smallest absolute Gasteiger partial charge is 0.213 e. The summed E-state index contributed by atoms with van der Waals surface area (Å²) < 4.78 is 17.8. The van der Waals surface area contributed by atoms with Crippen LogP contribution in [0.4, 0.5) is 4.39 Å². The van der Waals surface area contributed by atoms with Crippen molar-refractivity contribution in [3.63, 3.8) is 0 Å². The van der Waals surface area contributed by atoms with Crippen molar-refractivity contribution in [3.05, 3.63) is 59.5 Å². The molecular formula is C15H17FN2O. The van der Waals surface area contributed by atoms with E-state index in [-0.39, 0.29) is 5.82 Å². The standard InChI is InChI=1S/C15H17FN2O/c1-19-15-4-2-3-14(18-15)11-17-10-9-12-5-7-13(16)8-6-12/h2-8,17H,9-11H2,1H3. The van der Waals surface area contributed by atoms with E-state index < -0.39 is 0 Å². The summed E-state index contributed by atoms with van der Waals surface area (Å²) in [5.74, 6) is 0.426. The minimum absolute atomic E-state index is 0.197. The van der Waals surface area contributed by atoms with Gasteiger partial charge in [-0.1, -0.05) is 18.2 Å². The maximum atomic E-state index is 12.7. The number of pyridine rings is 1. The van der Waals surface area contributed by atoms with E-state index >= 15 is 0 Å². The third-order valence-corrected chi connectivity index (χ3v) is 2.80. The molecular weight excluding hydrogens is 243 g/mol. The second kappa shape index (κ2) is 6.85. The predicted octanol–water partition coefficient (Wildman–Crippen LogP) is 2.56. The van der Waals surface area contributed by atoms with Crippen molar-refractivity contribution in [1.82, 2.24) is 10.3 Å². The fraction of sp³-hybridized carbons (Fsp3) is 0.267. The van der Waals surface area contributed by atoms with E-state index in [1.54, 1.807) is 19.2 Å². The van der Waals surface area contributed by atoms with Gasteiger partial charge in [0.25, 0.3) is 0 Å². The van der Waals surface area contributed by atoms with Crippen molar-refractivity contribution in [2.45, 2.75) is 13.0 Å². The van der Waals surface area contributed by atoms with Crippen LogP contribution in [0.25, 0.3) is 0 Å². The van der Waals surface area contributed by atoms with Crippen LogP contribution in [0.5, 0.6) is 5.88 Å². The lowest BCUT2D eigenvalue weighted by Gasteiger charge is -2.06. The average molecular weight is 260 g/mol. The molecule has 3 nitrogen and oxygen atoms in total. The molecule has 1 aromatic heterocycles. The molecule has 2 rings (SSSR count). The highest BCUT2D eigenvalue weighted by molar-refractivity contribution is 5.17. The van der Waals surface area contributed by atoms with Crippen LogP contribution in [0.2, 0.25) is 0 Å². The number of hydrogen-bond donors (Lipinski definition) is 1. The molecule has 2 aromatic rings. The number of aromatic nitrogens is 1. The lowest BCUT2D eigenvalue weighted by molar-refractivity contribution is 0.395. The second-order valence-electron chi connectivity index (χ2n) is 4.22. The Morgan fingerprint density at radius 3 is 2.68 bits per heavy atom. The van der Waals surface area contributed by atoms with Crippen LogP contribution in [0.3, 0.4) is 0 Å². The van der Waals surface area contributed by atoms with Gasteiger partial charge in [-0.05, 0) is 36.7 Å². The fourth-order valence-electron chi connectivity index (χ4n) is 1.77. The number of methoxy groups -OCH3 is 1. The third-order valence-electron chi connectivity index (χ3n) is 2.80. The van der Waals surface area contributed by atoms with E-state index in [9.17, 15) is 4.39 Å². The quantitative estimate of drug-likeness (QED) is 0.811. The molecule has 0 saturated carbocycles. The maximum absolute atomic E-state index is 12.7. The first-order chi connectivity index (χ1) is 9.28. The van der Waals surface area contributed by atoms with Crippen LogP contribution in [0.1, 0.15) is 11.3 Å². The molecule has 0 aliphatic rings. The Morgan fingerprint density at radius 1 is 1.16 bits per heavy atom. The molecule has 0 amide bonds. The molecule has 1 aromatic carbocycles. The average Bonchev–Trinajstić information content (AvgIpc) is 2.46. The maximum Gasteiger partial charge on any atom is 0.213 e. The SMILES string of the molecule is COc1cccc(CNCCc2ccc(F)cc2)n1. The van der Waals surface area contributed by atoms with E-state index in [1.165, 1.54) is 12.1 Å². The van der Waals surface area contributed by atoms with Gasteiger partial charge in [0.2, 0.25) is 5.88 Å². The monoisotopic (exact) mass is 260 g/mol. The molecule has 1 heterocycles. The zero-order valence-electron chi connectivity index (χ0n) is 10.9. The highest BCUT2D eigenvalue weighted by Crippen LogP contribution is 2.06. The Hall–Kier alpha value is -1.94. The van der Waals surface area contributed by atoms with Crippen LogP contribution >= 0.6 is 0 Å². The first-order valence-corrected chi connectivity index (χ1v) is 6.23. The van der Waals surface area contributed by atoms with E-state index in [4.69, 9.17) is 4.74 Å². The van der Waals surface area contributed by atoms with Gasteiger partial charge < -0.3 is 10.1 Å². The molecule has 0 unspecified atom stereocenters. The summed E-state index contributed by atoms with van der Waals surface area (Å²) in [5, 5.41) is 3.30. The zero-order chi connectivity index (χ0) is 13.5. The van der Waals surface area contributed by atoms with Crippen molar-refractivity contribution in [2.24, 2.45) is 0 Å². The Kier molecular flexibility index (Phi) is 4.86. The van der Waals surface area contributed by atoms with Gasteiger partial charge in [-0.15, -0.1) is 0 Å². The zero-order valence-corrected chi connectivity index (χ0v) is 10.9. The molecule has 4 heteroatoms. The first-order valence-electron chi connectivity index (χ1n) is 6.23. The summed E-state index contributed by atoms with van der Waals surface area (Å²) in [7, 11) is 1.61. The topological polar surface area (TPSA) is 34.1 Å². The van der Waals surface area contributed by atoms with Crippen LogP contribution in [-0.2, 0) is 13.0 Å². The number of nitrogens with zero attached hydrogens (tertiary/aromatic N) is 1. The van der Waals surface area contributed by atoms with Crippen LogP contribution in [0, 0.1) is 5.82 Å². The summed E-state index contributed by atoms with van der Waals surface area (Å²) >= 11 is 0. The van der Waals surface area contributed by atoms with Crippen LogP contribution < -0.4 is 10.1 Å². The number of nitrogens with one attached hydrogen (secondary N) is 1. The summed E-state index contributed by atoms with van der Waals surface area (Å²) in [5.41, 5.74) is 2.06. The summed E-state index contributed by atoms with van der Waals surface area (Å²) in [6.07, 6.45) is 0.865. The third kappa shape index (κ3) is 4.34. The molecule has 0 aliphatic heterocycles. The van der Waals surface area contributed by atoms with Crippen molar-refractivity contribution < 1.29 is 9.13 Å². The molecule has 0 atom stereocenters. The number of rotatable bonds is 6. The Bertz CT molecular complexity index is 514. The van der Waals surface area contributed by atoms with Gasteiger partial charge in [0.15, 0.2) is 0 Å². The lowest BCUT2D eigenvalue weighted by atomic mass is 10.1. The number of halogens is 1. The van der Waals surface area contributed by atoms with Gasteiger partial charge in [0, 0.05) is 12.6 Å². The highest BCUT2D eigenvalue weighted by Gasteiger charge is 1.98. The van der Waals surface area contributed by atoms with Gasteiger partial charge in [0.1, 0.15) is 5.82 Å². The molecule has 1 N–H and O–H groups in total. The molecule has 0 saturated heterocycles. The molecule has 0 aliphatic carbocycles. The normalized spacial score (nSPS) is 10.4. The summed E-state index contributed by atoms with van der Waals surface area (Å²) in [4.78, 5) is 4.31. The molecule has 100 valence electrons. The molecule has 0 fully saturated rings. The van der Waals surface area contributed by atoms with Gasteiger partial charge in [-0.25, -0.2) is 9.37 Å². The number of benzene rings is 1. The summed E-state index contributed by atoms with van der Waals surface area (Å²) in [6, 6.07) is 12.3. The largest absolute Gasteiger partial charge is 0.481 e. The van der Waals surface area contributed by atoms with Gasteiger partial charge in [-0.3, -0.25) is 0 Å². The molecule has 0 bridgehead atoms.